The highest BCUT2D eigenvalue weighted by Crippen LogP contribution is 2.18. The summed E-state index contributed by atoms with van der Waals surface area (Å²) in [5.74, 6) is -0.0190. The summed E-state index contributed by atoms with van der Waals surface area (Å²) >= 11 is 0. The Labute approximate surface area is 108 Å². The molecule has 1 amide bonds. The molecule has 0 aromatic carbocycles. The SMILES string of the molecule is CNC(=O)C(C)CN(C)C(CN)c1cnn(C)c1. The molecule has 3 N–H and O–H groups in total. The first-order valence-corrected chi connectivity index (χ1v) is 6.10. The van der Waals surface area contributed by atoms with Crippen molar-refractivity contribution in [3.05, 3.63) is 18.0 Å². The zero-order valence-electron chi connectivity index (χ0n) is 11.6. The van der Waals surface area contributed by atoms with Crippen LogP contribution in [0.15, 0.2) is 12.4 Å². The molecule has 0 aliphatic heterocycles. The van der Waals surface area contributed by atoms with Crippen LogP contribution in [0.3, 0.4) is 0 Å². The number of nitrogens with two attached hydrogens (primary N) is 1. The third-order valence-electron chi connectivity index (χ3n) is 3.12. The summed E-state index contributed by atoms with van der Waals surface area (Å²) in [4.78, 5) is 13.6. The molecule has 1 aromatic rings. The van der Waals surface area contributed by atoms with E-state index in [0.717, 1.165) is 5.56 Å². The highest BCUT2D eigenvalue weighted by Gasteiger charge is 2.21. The van der Waals surface area contributed by atoms with Crippen LogP contribution >= 0.6 is 0 Å². The van der Waals surface area contributed by atoms with E-state index in [4.69, 9.17) is 5.73 Å². The van der Waals surface area contributed by atoms with Crippen LogP contribution in [-0.2, 0) is 11.8 Å². The van der Waals surface area contributed by atoms with Gasteiger partial charge < -0.3 is 11.1 Å². The molecule has 2 atom stereocenters. The first-order valence-electron chi connectivity index (χ1n) is 6.10. The Balaban J connectivity index is 2.68. The fourth-order valence-corrected chi connectivity index (χ4v) is 2.07. The molecule has 0 saturated heterocycles. The number of likely N-dealkylation sites (N-methyl/N-ethyl adjacent to an activating group) is 1. The number of rotatable bonds is 6. The third-order valence-corrected chi connectivity index (χ3v) is 3.12. The smallest absolute Gasteiger partial charge is 0.223 e. The molecule has 6 nitrogen and oxygen atoms in total. The monoisotopic (exact) mass is 253 g/mol. The van der Waals surface area contributed by atoms with Crippen molar-refractivity contribution in [3.63, 3.8) is 0 Å². The van der Waals surface area contributed by atoms with Crippen molar-refractivity contribution < 1.29 is 4.79 Å². The van der Waals surface area contributed by atoms with Gasteiger partial charge in [0, 0.05) is 50.9 Å². The Morgan fingerprint density at radius 3 is 2.78 bits per heavy atom. The summed E-state index contributed by atoms with van der Waals surface area (Å²) in [5, 5.41) is 6.81. The Kier molecular flexibility index (Phi) is 5.30. The van der Waals surface area contributed by atoms with E-state index in [2.05, 4.69) is 15.3 Å². The first kappa shape index (κ1) is 14.7. The number of carbonyl (C=O) groups excluding carboxylic acids is 1. The lowest BCUT2D eigenvalue weighted by Gasteiger charge is -2.28. The second-order valence-corrected chi connectivity index (χ2v) is 4.65. The lowest BCUT2D eigenvalue weighted by Crippen LogP contribution is -2.38. The zero-order valence-corrected chi connectivity index (χ0v) is 11.6. The lowest BCUT2D eigenvalue weighted by atomic mass is 10.1. The number of nitrogens with one attached hydrogen (secondary N) is 1. The van der Waals surface area contributed by atoms with E-state index in [0.29, 0.717) is 13.1 Å². The van der Waals surface area contributed by atoms with Gasteiger partial charge in [0.25, 0.3) is 0 Å². The molecule has 0 aliphatic carbocycles. The number of aryl methyl sites for hydroxylation is 1. The van der Waals surface area contributed by atoms with Crippen LogP contribution in [0.5, 0.6) is 0 Å². The van der Waals surface area contributed by atoms with Gasteiger partial charge in [0.1, 0.15) is 0 Å². The van der Waals surface area contributed by atoms with Crippen LogP contribution < -0.4 is 11.1 Å². The molecule has 0 aliphatic rings. The molecule has 2 unspecified atom stereocenters. The minimum Gasteiger partial charge on any atom is -0.359 e. The van der Waals surface area contributed by atoms with Crippen molar-refractivity contribution in [2.24, 2.45) is 18.7 Å². The van der Waals surface area contributed by atoms with E-state index in [1.807, 2.05) is 33.4 Å². The van der Waals surface area contributed by atoms with E-state index in [1.54, 1.807) is 11.7 Å². The number of amides is 1. The molecular weight excluding hydrogens is 230 g/mol. The fourth-order valence-electron chi connectivity index (χ4n) is 2.07. The van der Waals surface area contributed by atoms with Crippen LogP contribution in [0.4, 0.5) is 0 Å². The average Bonchev–Trinajstić information content (AvgIpc) is 2.75. The van der Waals surface area contributed by atoms with Gasteiger partial charge in [-0.25, -0.2) is 0 Å². The topological polar surface area (TPSA) is 76.2 Å². The Morgan fingerprint density at radius 2 is 2.33 bits per heavy atom. The van der Waals surface area contributed by atoms with E-state index >= 15 is 0 Å². The molecule has 0 spiro atoms. The van der Waals surface area contributed by atoms with Gasteiger partial charge in [0.15, 0.2) is 0 Å². The van der Waals surface area contributed by atoms with E-state index in [9.17, 15) is 4.79 Å². The molecule has 0 bridgehead atoms. The van der Waals surface area contributed by atoms with Crippen molar-refractivity contribution in [2.45, 2.75) is 13.0 Å². The van der Waals surface area contributed by atoms with Gasteiger partial charge in [-0.1, -0.05) is 6.92 Å². The van der Waals surface area contributed by atoms with Crippen LogP contribution in [-0.4, -0.2) is 47.8 Å². The van der Waals surface area contributed by atoms with Crippen molar-refractivity contribution in [1.82, 2.24) is 20.0 Å². The predicted molar refractivity (Wildman–Crippen MR) is 70.9 cm³/mol. The third kappa shape index (κ3) is 3.54. The quantitative estimate of drug-likeness (QED) is 0.732. The largest absolute Gasteiger partial charge is 0.359 e. The van der Waals surface area contributed by atoms with Crippen LogP contribution in [0.1, 0.15) is 18.5 Å². The van der Waals surface area contributed by atoms with Gasteiger partial charge in [-0.3, -0.25) is 14.4 Å². The maximum absolute atomic E-state index is 11.5. The molecule has 1 rings (SSSR count). The highest BCUT2D eigenvalue weighted by atomic mass is 16.1. The van der Waals surface area contributed by atoms with Crippen LogP contribution in [0, 0.1) is 5.92 Å². The van der Waals surface area contributed by atoms with Gasteiger partial charge in [-0.15, -0.1) is 0 Å². The van der Waals surface area contributed by atoms with Gasteiger partial charge in [-0.2, -0.15) is 5.10 Å². The minimum absolute atomic E-state index is 0.0452. The fraction of sp³-hybridized carbons (Fsp3) is 0.667. The molecule has 0 fully saturated rings. The molecule has 1 heterocycles. The number of hydrogen-bond acceptors (Lipinski definition) is 4. The molecule has 0 saturated carbocycles. The van der Waals surface area contributed by atoms with Gasteiger partial charge in [0.05, 0.1) is 6.20 Å². The summed E-state index contributed by atoms with van der Waals surface area (Å²) in [5.41, 5.74) is 6.90. The predicted octanol–water partition coefficient (Wildman–Crippen LogP) is -0.266. The number of nitrogens with zero attached hydrogens (tertiary/aromatic N) is 3. The van der Waals surface area contributed by atoms with Gasteiger partial charge in [0.2, 0.25) is 5.91 Å². The van der Waals surface area contributed by atoms with Crippen LogP contribution in [0.2, 0.25) is 0 Å². The molecule has 18 heavy (non-hydrogen) atoms. The summed E-state index contributed by atoms with van der Waals surface area (Å²) in [6.45, 7) is 3.07. The molecule has 1 aromatic heterocycles. The zero-order chi connectivity index (χ0) is 13.7. The molecule has 102 valence electrons. The van der Waals surface area contributed by atoms with E-state index in [-0.39, 0.29) is 17.9 Å². The van der Waals surface area contributed by atoms with E-state index in [1.165, 1.54) is 0 Å². The van der Waals surface area contributed by atoms with E-state index < -0.39 is 0 Å². The maximum atomic E-state index is 11.5. The number of carbonyl (C=O) groups is 1. The Morgan fingerprint density at radius 1 is 1.67 bits per heavy atom. The Bertz CT molecular complexity index is 390. The van der Waals surface area contributed by atoms with Gasteiger partial charge in [-0.05, 0) is 7.05 Å². The molecule has 0 radical (unpaired) electrons. The number of aromatic nitrogens is 2. The lowest BCUT2D eigenvalue weighted by molar-refractivity contribution is -0.124. The summed E-state index contributed by atoms with van der Waals surface area (Å²) in [6.07, 6.45) is 3.77. The molecule has 6 heteroatoms. The Hall–Kier alpha value is -1.40. The average molecular weight is 253 g/mol. The van der Waals surface area contributed by atoms with Crippen molar-refractivity contribution in [1.29, 1.82) is 0 Å². The summed E-state index contributed by atoms with van der Waals surface area (Å²) in [6, 6.07) is 0.0887. The second kappa shape index (κ2) is 6.51. The van der Waals surface area contributed by atoms with Crippen molar-refractivity contribution >= 4 is 5.91 Å². The minimum atomic E-state index is -0.0641. The maximum Gasteiger partial charge on any atom is 0.223 e. The van der Waals surface area contributed by atoms with Crippen molar-refractivity contribution in [3.8, 4) is 0 Å². The summed E-state index contributed by atoms with van der Waals surface area (Å²) in [7, 11) is 5.51. The normalized spacial score (nSPS) is 14.6. The highest BCUT2D eigenvalue weighted by molar-refractivity contribution is 5.78. The standard InChI is InChI=1S/C12H23N5O/c1-9(12(18)14-2)7-16(3)11(5-13)10-6-15-17(4)8-10/h6,8-9,11H,5,7,13H2,1-4H3,(H,14,18). The second-order valence-electron chi connectivity index (χ2n) is 4.65. The molecular formula is C12H23N5O. The van der Waals surface area contributed by atoms with Crippen LogP contribution in [0.25, 0.3) is 0 Å². The van der Waals surface area contributed by atoms with Crippen molar-refractivity contribution in [2.75, 3.05) is 27.2 Å². The summed E-state index contributed by atoms with van der Waals surface area (Å²) < 4.78 is 1.76. The first-order chi connectivity index (χ1) is 8.49. The van der Waals surface area contributed by atoms with Gasteiger partial charge >= 0.3 is 0 Å². The number of hydrogen-bond donors (Lipinski definition) is 2.